The molecule has 0 fully saturated rings. The minimum Gasteiger partial charge on any atom is -0.484 e. The van der Waals surface area contributed by atoms with Crippen molar-refractivity contribution in [3.05, 3.63) is 84.4 Å². The first-order valence-corrected chi connectivity index (χ1v) is 7.65. The molecular formula is C20H15F2NO2. The van der Waals surface area contributed by atoms with Crippen molar-refractivity contribution in [2.75, 3.05) is 11.9 Å². The predicted molar refractivity (Wildman–Crippen MR) is 92.4 cm³/mol. The van der Waals surface area contributed by atoms with Crippen molar-refractivity contribution in [2.45, 2.75) is 0 Å². The van der Waals surface area contributed by atoms with Gasteiger partial charge in [-0.15, -0.1) is 0 Å². The topological polar surface area (TPSA) is 38.3 Å². The quantitative estimate of drug-likeness (QED) is 0.735. The normalized spacial score (nSPS) is 10.3. The number of carbonyl (C=O) groups is 1. The third-order valence-electron chi connectivity index (χ3n) is 3.54. The number of anilines is 1. The highest BCUT2D eigenvalue weighted by Gasteiger charge is 2.09. The number of amides is 1. The van der Waals surface area contributed by atoms with Crippen molar-refractivity contribution in [3.63, 3.8) is 0 Å². The highest BCUT2D eigenvalue weighted by atomic mass is 19.1. The van der Waals surface area contributed by atoms with Crippen LogP contribution >= 0.6 is 0 Å². The van der Waals surface area contributed by atoms with Gasteiger partial charge < -0.3 is 10.1 Å². The van der Waals surface area contributed by atoms with E-state index < -0.39 is 17.5 Å². The average molecular weight is 339 g/mol. The smallest absolute Gasteiger partial charge is 0.262 e. The standard InChI is InChI=1S/C20H15F2NO2/c21-16-8-11-19(18(22)12-16)23-20(24)13-25-17-9-6-15(7-10-17)14-4-2-1-3-5-14/h1-12H,13H2,(H,23,24). The first kappa shape index (κ1) is 16.6. The highest BCUT2D eigenvalue weighted by molar-refractivity contribution is 5.92. The van der Waals surface area contributed by atoms with Gasteiger partial charge in [-0.1, -0.05) is 42.5 Å². The average Bonchev–Trinajstić information content (AvgIpc) is 2.63. The third-order valence-corrected chi connectivity index (χ3v) is 3.54. The van der Waals surface area contributed by atoms with E-state index in [1.54, 1.807) is 12.1 Å². The van der Waals surface area contributed by atoms with Crippen LogP contribution in [0.4, 0.5) is 14.5 Å². The lowest BCUT2D eigenvalue weighted by atomic mass is 10.1. The van der Waals surface area contributed by atoms with Crippen molar-refractivity contribution in [1.29, 1.82) is 0 Å². The Kier molecular flexibility index (Phi) is 5.04. The summed E-state index contributed by atoms with van der Waals surface area (Å²) >= 11 is 0. The van der Waals surface area contributed by atoms with E-state index in [-0.39, 0.29) is 12.3 Å². The van der Waals surface area contributed by atoms with Gasteiger partial charge in [0.05, 0.1) is 5.69 Å². The fourth-order valence-electron chi connectivity index (χ4n) is 2.30. The molecule has 5 heteroatoms. The first-order valence-electron chi connectivity index (χ1n) is 7.65. The Morgan fingerprint density at radius 1 is 0.880 bits per heavy atom. The Bertz CT molecular complexity index is 865. The maximum absolute atomic E-state index is 13.5. The number of hydrogen-bond donors (Lipinski definition) is 1. The molecule has 3 aromatic carbocycles. The molecule has 0 saturated heterocycles. The maximum atomic E-state index is 13.5. The summed E-state index contributed by atoms with van der Waals surface area (Å²) in [6, 6.07) is 20.1. The molecule has 0 atom stereocenters. The number of benzene rings is 3. The second-order valence-electron chi connectivity index (χ2n) is 5.35. The number of halogens is 2. The molecule has 0 saturated carbocycles. The highest BCUT2D eigenvalue weighted by Crippen LogP contribution is 2.22. The van der Waals surface area contributed by atoms with Crippen LogP contribution in [-0.2, 0) is 4.79 Å². The van der Waals surface area contributed by atoms with Gasteiger partial charge in [0.15, 0.2) is 6.61 Å². The van der Waals surface area contributed by atoms with E-state index in [0.717, 1.165) is 23.3 Å². The summed E-state index contributed by atoms with van der Waals surface area (Å²) in [6.07, 6.45) is 0. The van der Waals surface area contributed by atoms with E-state index >= 15 is 0 Å². The Balaban J connectivity index is 1.57. The van der Waals surface area contributed by atoms with Crippen molar-refractivity contribution in [1.82, 2.24) is 0 Å². The van der Waals surface area contributed by atoms with Crippen LogP contribution in [-0.4, -0.2) is 12.5 Å². The number of hydrogen-bond acceptors (Lipinski definition) is 2. The van der Waals surface area contributed by atoms with E-state index in [1.165, 1.54) is 0 Å². The van der Waals surface area contributed by atoms with Gasteiger partial charge in [-0.2, -0.15) is 0 Å². The number of ether oxygens (including phenoxy) is 1. The minimum absolute atomic E-state index is 0.0885. The first-order chi connectivity index (χ1) is 12.1. The second kappa shape index (κ2) is 7.57. The Labute approximate surface area is 143 Å². The maximum Gasteiger partial charge on any atom is 0.262 e. The molecule has 126 valence electrons. The molecule has 3 rings (SSSR count). The van der Waals surface area contributed by atoms with Gasteiger partial charge in [0.2, 0.25) is 0 Å². The van der Waals surface area contributed by atoms with Gasteiger partial charge in [0.25, 0.3) is 5.91 Å². The summed E-state index contributed by atoms with van der Waals surface area (Å²) in [5.41, 5.74) is 2.03. The molecular weight excluding hydrogens is 324 g/mol. The van der Waals surface area contributed by atoms with Gasteiger partial charge in [0, 0.05) is 6.07 Å². The molecule has 0 bridgehead atoms. The van der Waals surface area contributed by atoms with Crippen molar-refractivity contribution in [3.8, 4) is 16.9 Å². The van der Waals surface area contributed by atoms with Crippen LogP contribution < -0.4 is 10.1 Å². The van der Waals surface area contributed by atoms with E-state index in [9.17, 15) is 13.6 Å². The molecule has 3 aromatic rings. The van der Waals surface area contributed by atoms with Crippen LogP contribution in [0.25, 0.3) is 11.1 Å². The van der Waals surface area contributed by atoms with E-state index in [0.29, 0.717) is 11.8 Å². The van der Waals surface area contributed by atoms with E-state index in [1.807, 2.05) is 42.5 Å². The van der Waals surface area contributed by atoms with E-state index in [4.69, 9.17) is 4.74 Å². The molecule has 25 heavy (non-hydrogen) atoms. The fraction of sp³-hybridized carbons (Fsp3) is 0.0500. The number of carbonyl (C=O) groups excluding carboxylic acids is 1. The van der Waals surface area contributed by atoms with Gasteiger partial charge in [-0.05, 0) is 35.4 Å². The minimum atomic E-state index is -0.833. The SMILES string of the molecule is O=C(COc1ccc(-c2ccccc2)cc1)Nc1ccc(F)cc1F. The molecule has 1 amide bonds. The van der Waals surface area contributed by atoms with Crippen molar-refractivity contribution in [2.24, 2.45) is 0 Å². The third kappa shape index (κ3) is 4.41. The van der Waals surface area contributed by atoms with Crippen LogP contribution in [0.5, 0.6) is 5.75 Å². The largest absolute Gasteiger partial charge is 0.484 e. The summed E-state index contributed by atoms with van der Waals surface area (Å²) < 4.78 is 31.7. The van der Waals surface area contributed by atoms with Crippen LogP contribution in [0, 0.1) is 11.6 Å². The monoisotopic (exact) mass is 339 g/mol. The molecule has 0 spiro atoms. The molecule has 0 aliphatic rings. The molecule has 0 aromatic heterocycles. The van der Waals surface area contributed by atoms with Crippen LogP contribution in [0.3, 0.4) is 0 Å². The lowest BCUT2D eigenvalue weighted by Crippen LogP contribution is -2.20. The summed E-state index contributed by atoms with van der Waals surface area (Å²) in [6.45, 7) is -0.276. The molecule has 0 heterocycles. The fourth-order valence-corrected chi connectivity index (χ4v) is 2.30. The van der Waals surface area contributed by atoms with Gasteiger partial charge in [-0.25, -0.2) is 8.78 Å². The van der Waals surface area contributed by atoms with Gasteiger partial charge >= 0.3 is 0 Å². The molecule has 0 aliphatic carbocycles. The van der Waals surface area contributed by atoms with E-state index in [2.05, 4.69) is 5.32 Å². The lowest BCUT2D eigenvalue weighted by molar-refractivity contribution is -0.118. The molecule has 1 N–H and O–H groups in total. The summed E-state index contributed by atoms with van der Waals surface area (Å²) in [5.74, 6) is -1.54. The molecule has 0 radical (unpaired) electrons. The molecule has 0 unspecified atom stereocenters. The van der Waals surface area contributed by atoms with Crippen LogP contribution in [0.1, 0.15) is 0 Å². The molecule has 3 nitrogen and oxygen atoms in total. The zero-order valence-electron chi connectivity index (χ0n) is 13.2. The Morgan fingerprint density at radius 2 is 1.56 bits per heavy atom. The predicted octanol–water partition coefficient (Wildman–Crippen LogP) is 4.65. The van der Waals surface area contributed by atoms with Gasteiger partial charge in [-0.3, -0.25) is 4.79 Å². The van der Waals surface area contributed by atoms with Gasteiger partial charge in [0.1, 0.15) is 17.4 Å². The molecule has 0 aliphatic heterocycles. The Morgan fingerprint density at radius 3 is 2.24 bits per heavy atom. The summed E-state index contributed by atoms with van der Waals surface area (Å²) in [5, 5.41) is 2.34. The second-order valence-corrected chi connectivity index (χ2v) is 5.35. The summed E-state index contributed by atoms with van der Waals surface area (Å²) in [4.78, 5) is 11.8. The summed E-state index contributed by atoms with van der Waals surface area (Å²) in [7, 11) is 0. The zero-order valence-corrected chi connectivity index (χ0v) is 13.2. The van der Waals surface area contributed by atoms with Crippen molar-refractivity contribution >= 4 is 11.6 Å². The Hall–Kier alpha value is -3.21. The lowest BCUT2D eigenvalue weighted by Gasteiger charge is -2.09. The number of nitrogens with one attached hydrogen (secondary N) is 1. The zero-order chi connectivity index (χ0) is 17.6. The number of rotatable bonds is 5. The van der Waals surface area contributed by atoms with Crippen molar-refractivity contribution < 1.29 is 18.3 Å². The van der Waals surface area contributed by atoms with Crippen LogP contribution in [0.15, 0.2) is 72.8 Å². The van der Waals surface area contributed by atoms with Crippen LogP contribution in [0.2, 0.25) is 0 Å².